The molecule has 108 valence electrons. The molecule has 1 aliphatic heterocycles. The summed E-state index contributed by atoms with van der Waals surface area (Å²) in [6.07, 6.45) is -2.06. The molecule has 3 rings (SSSR count). The number of fused-ring (bicyclic) bond motifs is 1. The highest BCUT2D eigenvalue weighted by atomic mass is 32.2. The van der Waals surface area contributed by atoms with E-state index in [1.807, 2.05) is 16.3 Å². The van der Waals surface area contributed by atoms with Crippen molar-refractivity contribution in [3.05, 3.63) is 23.8 Å². The Morgan fingerprint density at radius 3 is 2.85 bits per heavy atom. The Morgan fingerprint density at radius 2 is 2.20 bits per heavy atom. The average Bonchev–Trinajstić information content (AvgIpc) is 2.97. The van der Waals surface area contributed by atoms with Crippen LogP contribution in [0.1, 0.15) is 18.4 Å². The molecule has 7 heteroatoms. The zero-order chi connectivity index (χ0) is 14.3. The summed E-state index contributed by atoms with van der Waals surface area (Å²) in [5.41, 5.74) is 6.14. The van der Waals surface area contributed by atoms with Crippen LogP contribution in [0.15, 0.2) is 18.2 Å². The van der Waals surface area contributed by atoms with Crippen molar-refractivity contribution in [2.45, 2.75) is 30.8 Å². The van der Waals surface area contributed by atoms with E-state index in [1.165, 1.54) is 12.5 Å². The highest BCUT2D eigenvalue weighted by molar-refractivity contribution is 8.00. The minimum Gasteiger partial charge on any atom is -0.369 e. The molecule has 2 aromatic rings. The van der Waals surface area contributed by atoms with Crippen molar-refractivity contribution in [1.82, 2.24) is 9.55 Å². The molecule has 1 unspecified atom stereocenters. The zero-order valence-corrected chi connectivity index (χ0v) is 11.5. The number of halogens is 3. The van der Waals surface area contributed by atoms with Crippen LogP contribution in [0, 0.1) is 0 Å². The van der Waals surface area contributed by atoms with E-state index in [9.17, 15) is 13.2 Å². The zero-order valence-electron chi connectivity index (χ0n) is 10.7. The van der Waals surface area contributed by atoms with Crippen LogP contribution in [0.2, 0.25) is 0 Å². The second-order valence-electron chi connectivity index (χ2n) is 4.92. The minimum atomic E-state index is -4.35. The lowest BCUT2D eigenvalue weighted by Crippen LogP contribution is -2.12. The third-order valence-corrected chi connectivity index (χ3v) is 4.90. The van der Waals surface area contributed by atoms with Gasteiger partial charge in [0, 0.05) is 11.8 Å². The van der Waals surface area contributed by atoms with Crippen molar-refractivity contribution < 1.29 is 13.2 Å². The summed E-state index contributed by atoms with van der Waals surface area (Å²) >= 11 is 1.88. The summed E-state index contributed by atoms with van der Waals surface area (Å²) < 4.78 is 39.9. The van der Waals surface area contributed by atoms with Gasteiger partial charge in [-0.2, -0.15) is 24.9 Å². The SMILES string of the molecule is Nc1nc2cc(C(F)(F)F)ccc2n1CC1CCCS1. The van der Waals surface area contributed by atoms with E-state index < -0.39 is 11.7 Å². The molecule has 0 bridgehead atoms. The summed E-state index contributed by atoms with van der Waals surface area (Å²) in [5, 5.41) is 0.469. The molecule has 3 nitrogen and oxygen atoms in total. The fraction of sp³-hybridized carbons (Fsp3) is 0.462. The van der Waals surface area contributed by atoms with Gasteiger partial charge < -0.3 is 10.3 Å². The maximum atomic E-state index is 12.7. The Morgan fingerprint density at radius 1 is 1.40 bits per heavy atom. The van der Waals surface area contributed by atoms with Crippen molar-refractivity contribution in [3.63, 3.8) is 0 Å². The van der Waals surface area contributed by atoms with E-state index in [0.29, 0.717) is 22.8 Å². The number of thioether (sulfide) groups is 1. The molecule has 2 heterocycles. The molecule has 1 aromatic heterocycles. The predicted molar refractivity (Wildman–Crippen MR) is 74.6 cm³/mol. The summed E-state index contributed by atoms with van der Waals surface area (Å²) in [6.45, 7) is 0.707. The van der Waals surface area contributed by atoms with Crippen LogP contribution >= 0.6 is 11.8 Å². The van der Waals surface area contributed by atoms with Gasteiger partial charge in [-0.05, 0) is 36.8 Å². The van der Waals surface area contributed by atoms with E-state index in [-0.39, 0.29) is 5.95 Å². The lowest BCUT2D eigenvalue weighted by Gasteiger charge is -2.12. The minimum absolute atomic E-state index is 0.284. The van der Waals surface area contributed by atoms with Crippen molar-refractivity contribution >= 4 is 28.7 Å². The molecule has 1 aromatic carbocycles. The fourth-order valence-corrected chi connectivity index (χ4v) is 3.76. The highest BCUT2D eigenvalue weighted by Gasteiger charge is 2.31. The van der Waals surface area contributed by atoms with Crippen LogP contribution < -0.4 is 5.73 Å². The number of nitrogen functional groups attached to an aromatic ring is 1. The lowest BCUT2D eigenvalue weighted by atomic mass is 10.2. The first kappa shape index (κ1) is 13.6. The number of nitrogens with two attached hydrogens (primary N) is 1. The first-order valence-electron chi connectivity index (χ1n) is 6.40. The van der Waals surface area contributed by atoms with Gasteiger partial charge >= 0.3 is 6.18 Å². The van der Waals surface area contributed by atoms with Crippen LogP contribution in [0.5, 0.6) is 0 Å². The number of rotatable bonds is 2. The molecule has 20 heavy (non-hydrogen) atoms. The van der Waals surface area contributed by atoms with E-state index in [2.05, 4.69) is 4.98 Å². The Balaban J connectivity index is 1.98. The molecule has 1 fully saturated rings. The first-order chi connectivity index (χ1) is 9.45. The number of aromatic nitrogens is 2. The summed E-state index contributed by atoms with van der Waals surface area (Å²) in [4.78, 5) is 4.06. The Kier molecular flexibility index (Phi) is 3.32. The number of alkyl halides is 3. The van der Waals surface area contributed by atoms with Gasteiger partial charge in [-0.1, -0.05) is 0 Å². The second-order valence-corrected chi connectivity index (χ2v) is 6.33. The van der Waals surface area contributed by atoms with Crippen LogP contribution in [-0.2, 0) is 12.7 Å². The molecule has 1 saturated heterocycles. The molecule has 0 radical (unpaired) electrons. The quantitative estimate of drug-likeness (QED) is 0.923. The summed E-state index contributed by atoms with van der Waals surface area (Å²) in [5.74, 6) is 1.42. The Hall–Kier alpha value is -1.37. The van der Waals surface area contributed by atoms with Crippen LogP contribution in [0.3, 0.4) is 0 Å². The maximum absolute atomic E-state index is 12.7. The molecule has 0 aliphatic carbocycles. The molecule has 2 N–H and O–H groups in total. The number of benzene rings is 1. The topological polar surface area (TPSA) is 43.8 Å². The third kappa shape index (κ3) is 2.46. The van der Waals surface area contributed by atoms with E-state index >= 15 is 0 Å². The maximum Gasteiger partial charge on any atom is 0.416 e. The molecule has 0 spiro atoms. The van der Waals surface area contributed by atoms with E-state index in [1.54, 1.807) is 0 Å². The molecule has 1 atom stereocenters. The number of hydrogen-bond acceptors (Lipinski definition) is 3. The monoisotopic (exact) mass is 301 g/mol. The van der Waals surface area contributed by atoms with Crippen molar-refractivity contribution in [3.8, 4) is 0 Å². The van der Waals surface area contributed by atoms with Gasteiger partial charge in [-0.15, -0.1) is 0 Å². The average molecular weight is 301 g/mol. The van der Waals surface area contributed by atoms with Gasteiger partial charge in [0.25, 0.3) is 0 Å². The highest BCUT2D eigenvalue weighted by Crippen LogP contribution is 2.33. The van der Waals surface area contributed by atoms with Gasteiger partial charge in [-0.3, -0.25) is 0 Å². The van der Waals surface area contributed by atoms with Gasteiger partial charge in [0.2, 0.25) is 5.95 Å². The molecule has 0 saturated carbocycles. The van der Waals surface area contributed by atoms with Crippen molar-refractivity contribution in [1.29, 1.82) is 0 Å². The van der Waals surface area contributed by atoms with Gasteiger partial charge in [0.05, 0.1) is 16.6 Å². The predicted octanol–water partition coefficient (Wildman–Crippen LogP) is 3.53. The molecular formula is C13H14F3N3S. The van der Waals surface area contributed by atoms with Crippen LogP contribution in [-0.4, -0.2) is 20.6 Å². The number of anilines is 1. The van der Waals surface area contributed by atoms with E-state index in [0.717, 1.165) is 24.3 Å². The fourth-order valence-electron chi connectivity index (χ4n) is 2.51. The number of imidazole rings is 1. The second kappa shape index (κ2) is 4.87. The molecule has 1 aliphatic rings. The first-order valence-corrected chi connectivity index (χ1v) is 7.44. The van der Waals surface area contributed by atoms with Crippen molar-refractivity contribution in [2.24, 2.45) is 0 Å². The van der Waals surface area contributed by atoms with Crippen LogP contribution in [0.4, 0.5) is 19.1 Å². The Bertz CT molecular complexity index is 630. The lowest BCUT2D eigenvalue weighted by molar-refractivity contribution is -0.137. The van der Waals surface area contributed by atoms with Crippen molar-refractivity contribution in [2.75, 3.05) is 11.5 Å². The smallest absolute Gasteiger partial charge is 0.369 e. The summed E-state index contributed by atoms with van der Waals surface area (Å²) in [6, 6.07) is 3.60. The molecule has 0 amide bonds. The van der Waals surface area contributed by atoms with Gasteiger partial charge in [0.15, 0.2) is 0 Å². The standard InChI is InChI=1S/C13H14F3N3S/c14-13(15,16)8-3-4-11-10(6-8)18-12(17)19(11)7-9-2-1-5-20-9/h3-4,6,9H,1-2,5,7H2,(H2,17,18). The number of hydrogen-bond donors (Lipinski definition) is 1. The van der Waals surface area contributed by atoms with Gasteiger partial charge in [-0.25, -0.2) is 4.98 Å². The normalized spacial score (nSPS) is 19.9. The third-order valence-electron chi connectivity index (χ3n) is 3.52. The number of nitrogens with zero attached hydrogens (tertiary/aromatic N) is 2. The Labute approximate surface area is 118 Å². The van der Waals surface area contributed by atoms with Crippen LogP contribution in [0.25, 0.3) is 11.0 Å². The summed E-state index contributed by atoms with van der Waals surface area (Å²) in [7, 11) is 0. The molecular weight excluding hydrogens is 287 g/mol. The van der Waals surface area contributed by atoms with Gasteiger partial charge in [0.1, 0.15) is 0 Å². The largest absolute Gasteiger partial charge is 0.416 e. The van der Waals surface area contributed by atoms with E-state index in [4.69, 9.17) is 5.73 Å².